The molecule has 2 aliphatic rings. The first kappa shape index (κ1) is 21.6. The Kier molecular flexibility index (Phi) is 6.11. The lowest BCUT2D eigenvalue weighted by molar-refractivity contribution is -0.0298. The molecule has 2 aliphatic heterocycles. The third-order valence-corrected chi connectivity index (χ3v) is 7.22. The number of carbonyl (C=O) groups excluding carboxylic acids is 1. The predicted octanol–water partition coefficient (Wildman–Crippen LogP) is 2.74. The number of benzene rings is 1. The number of nitriles is 1. The number of nitrogens with zero attached hydrogens (tertiary/aromatic N) is 4. The number of nitrogens with one attached hydrogen (secondary N) is 1. The van der Waals surface area contributed by atoms with E-state index in [9.17, 15) is 14.9 Å². The zero-order valence-electron chi connectivity index (χ0n) is 18.2. The van der Waals surface area contributed by atoms with Gasteiger partial charge in [-0.1, -0.05) is 18.2 Å². The fraction of sp³-hybridized carbons (Fsp3) is 0.417. The molecule has 0 unspecified atom stereocenters. The number of fused-ring (bicyclic) bond motifs is 1. The van der Waals surface area contributed by atoms with Crippen molar-refractivity contribution in [3.8, 4) is 6.07 Å². The monoisotopic (exact) mass is 463 g/mol. The highest BCUT2D eigenvalue weighted by atomic mass is 32.1. The maximum Gasteiger partial charge on any atom is 0.273 e. The van der Waals surface area contributed by atoms with Crippen LogP contribution in [0.15, 0.2) is 34.4 Å². The summed E-state index contributed by atoms with van der Waals surface area (Å²) in [6.07, 6.45) is 3.21. The molecule has 1 aromatic carbocycles. The summed E-state index contributed by atoms with van der Waals surface area (Å²) in [6.45, 7) is 3.76. The minimum atomic E-state index is -0.211. The number of piperidine rings is 1. The van der Waals surface area contributed by atoms with Crippen molar-refractivity contribution in [3.05, 3.63) is 56.7 Å². The van der Waals surface area contributed by atoms with Crippen LogP contribution in [0.4, 0.5) is 5.95 Å². The van der Waals surface area contributed by atoms with E-state index in [2.05, 4.69) is 16.3 Å². The number of hydrogen-bond acceptors (Lipinski definition) is 7. The summed E-state index contributed by atoms with van der Waals surface area (Å²) in [4.78, 5) is 33.5. The van der Waals surface area contributed by atoms with Gasteiger partial charge in [0.25, 0.3) is 11.5 Å². The Bertz CT molecular complexity index is 1280. The molecule has 5 rings (SSSR count). The first-order valence-corrected chi connectivity index (χ1v) is 12.1. The topological polar surface area (TPSA) is 100 Å². The third-order valence-electron chi connectivity index (χ3n) is 6.27. The number of carbonyl (C=O) groups is 1. The van der Waals surface area contributed by atoms with Gasteiger partial charge in [0.2, 0.25) is 5.95 Å². The number of ether oxygens (including phenoxy) is 1. The van der Waals surface area contributed by atoms with Crippen molar-refractivity contribution in [1.29, 1.82) is 5.26 Å². The summed E-state index contributed by atoms with van der Waals surface area (Å²) in [5, 5.41) is 14.2. The largest absolute Gasteiger partial charge is 0.381 e. The van der Waals surface area contributed by atoms with Crippen LogP contribution in [0.3, 0.4) is 0 Å². The second-order valence-corrected chi connectivity index (χ2v) is 9.44. The maximum absolute atomic E-state index is 13.6. The quantitative estimate of drug-likeness (QED) is 0.603. The van der Waals surface area contributed by atoms with Gasteiger partial charge in [-0.2, -0.15) is 5.26 Å². The predicted molar refractivity (Wildman–Crippen MR) is 127 cm³/mol. The lowest BCUT2D eigenvalue weighted by Crippen LogP contribution is -2.39. The molecule has 4 heterocycles. The van der Waals surface area contributed by atoms with E-state index in [1.54, 1.807) is 16.0 Å². The van der Waals surface area contributed by atoms with E-state index in [-0.39, 0.29) is 18.0 Å². The summed E-state index contributed by atoms with van der Waals surface area (Å²) in [6, 6.07) is 9.53. The van der Waals surface area contributed by atoms with Gasteiger partial charge in [0.15, 0.2) is 0 Å². The van der Waals surface area contributed by atoms with Crippen molar-refractivity contribution in [3.63, 3.8) is 0 Å². The Morgan fingerprint density at radius 1 is 1.24 bits per heavy atom. The number of rotatable bonds is 6. The van der Waals surface area contributed by atoms with Gasteiger partial charge in [0, 0.05) is 30.9 Å². The average molecular weight is 464 g/mol. The second kappa shape index (κ2) is 9.33. The lowest BCUT2D eigenvalue weighted by atomic mass is 10.1. The fourth-order valence-corrected chi connectivity index (χ4v) is 5.23. The van der Waals surface area contributed by atoms with Crippen molar-refractivity contribution < 1.29 is 9.53 Å². The first-order chi connectivity index (χ1) is 16.2. The highest BCUT2D eigenvalue weighted by Gasteiger charge is 2.25. The van der Waals surface area contributed by atoms with E-state index in [1.807, 2.05) is 18.2 Å². The third kappa shape index (κ3) is 4.24. The minimum absolute atomic E-state index is 0.176. The van der Waals surface area contributed by atoms with Crippen molar-refractivity contribution >= 4 is 33.4 Å². The molecule has 0 atom stereocenters. The van der Waals surface area contributed by atoms with Crippen LogP contribution < -0.4 is 15.8 Å². The van der Waals surface area contributed by atoms with E-state index < -0.39 is 0 Å². The lowest BCUT2D eigenvalue weighted by Gasteiger charge is -2.30. The van der Waals surface area contributed by atoms with E-state index in [1.165, 1.54) is 11.3 Å². The van der Waals surface area contributed by atoms with Gasteiger partial charge in [-0.3, -0.25) is 14.2 Å². The molecule has 0 aliphatic carbocycles. The molecular formula is C24H25N5O3S. The molecule has 9 heteroatoms. The Balaban J connectivity index is 1.57. The molecule has 1 N–H and O–H groups in total. The van der Waals surface area contributed by atoms with Crippen LogP contribution in [0.25, 0.3) is 10.2 Å². The van der Waals surface area contributed by atoms with Gasteiger partial charge in [0.05, 0.1) is 37.0 Å². The Labute approximate surface area is 195 Å². The van der Waals surface area contributed by atoms with Crippen LogP contribution in [0, 0.1) is 17.2 Å². The first-order valence-electron chi connectivity index (χ1n) is 11.3. The van der Waals surface area contributed by atoms with Crippen LogP contribution in [-0.2, 0) is 11.3 Å². The molecule has 0 bridgehead atoms. The molecular weight excluding hydrogens is 438 g/mol. The van der Waals surface area contributed by atoms with Gasteiger partial charge in [-0.05, 0) is 30.9 Å². The van der Waals surface area contributed by atoms with Crippen molar-refractivity contribution in [2.75, 3.05) is 37.7 Å². The molecule has 3 aromatic rings. The van der Waals surface area contributed by atoms with Gasteiger partial charge >= 0.3 is 0 Å². The van der Waals surface area contributed by atoms with E-state index in [0.717, 1.165) is 37.9 Å². The SMILES string of the molecule is N#Cc1ccccc1Cn1c(N2CCCCC2)nc2c(C(=O)NCC3COC3)csc2c1=O. The number of hydrogen-bond donors (Lipinski definition) is 1. The molecule has 2 fully saturated rings. The van der Waals surface area contributed by atoms with Crippen LogP contribution in [-0.4, -0.2) is 48.3 Å². The molecule has 8 nitrogen and oxygen atoms in total. The number of aromatic nitrogens is 2. The van der Waals surface area contributed by atoms with Gasteiger partial charge in [-0.15, -0.1) is 11.3 Å². The molecule has 0 radical (unpaired) electrons. The van der Waals surface area contributed by atoms with Crippen LogP contribution >= 0.6 is 11.3 Å². The zero-order valence-corrected chi connectivity index (χ0v) is 19.1. The standard InChI is InChI=1S/C24H25N5O3S/c25-10-17-6-2-3-7-18(17)12-29-23(31)21-20(27-24(29)28-8-4-1-5-9-28)19(15-33-21)22(30)26-11-16-13-32-14-16/h2-3,6-7,15-16H,1,4-5,8-9,11-14H2,(H,26,30). The molecule has 33 heavy (non-hydrogen) atoms. The fourth-order valence-electron chi connectivity index (χ4n) is 4.30. The molecule has 0 spiro atoms. The summed E-state index contributed by atoms with van der Waals surface area (Å²) < 4.78 is 7.29. The molecule has 2 aromatic heterocycles. The minimum Gasteiger partial charge on any atom is -0.381 e. The molecule has 1 amide bonds. The van der Waals surface area contributed by atoms with Crippen molar-refractivity contribution in [2.24, 2.45) is 5.92 Å². The van der Waals surface area contributed by atoms with Gasteiger partial charge < -0.3 is 15.0 Å². The number of thiophene rings is 1. The van der Waals surface area contributed by atoms with Gasteiger partial charge in [0.1, 0.15) is 10.2 Å². The highest BCUT2D eigenvalue weighted by molar-refractivity contribution is 7.17. The zero-order chi connectivity index (χ0) is 22.8. The summed E-state index contributed by atoms with van der Waals surface area (Å²) >= 11 is 1.25. The summed E-state index contributed by atoms with van der Waals surface area (Å²) in [5.74, 6) is 0.699. The van der Waals surface area contributed by atoms with E-state index in [0.29, 0.717) is 53.0 Å². The van der Waals surface area contributed by atoms with E-state index >= 15 is 0 Å². The Morgan fingerprint density at radius 3 is 2.76 bits per heavy atom. The number of amides is 1. The summed E-state index contributed by atoms with van der Waals surface area (Å²) in [7, 11) is 0. The molecule has 0 saturated carbocycles. The molecule has 170 valence electrons. The Hall–Kier alpha value is -3.22. The maximum atomic E-state index is 13.6. The highest BCUT2D eigenvalue weighted by Crippen LogP contribution is 2.27. The van der Waals surface area contributed by atoms with Gasteiger partial charge in [-0.25, -0.2) is 4.98 Å². The Morgan fingerprint density at radius 2 is 2.03 bits per heavy atom. The number of anilines is 1. The molecule has 2 saturated heterocycles. The normalized spacial score (nSPS) is 16.4. The van der Waals surface area contributed by atoms with Crippen LogP contribution in [0.2, 0.25) is 0 Å². The smallest absolute Gasteiger partial charge is 0.273 e. The van der Waals surface area contributed by atoms with Crippen molar-refractivity contribution in [2.45, 2.75) is 25.8 Å². The second-order valence-electron chi connectivity index (χ2n) is 8.56. The van der Waals surface area contributed by atoms with Crippen LogP contribution in [0.1, 0.15) is 40.7 Å². The van der Waals surface area contributed by atoms with E-state index in [4.69, 9.17) is 9.72 Å². The average Bonchev–Trinajstić information content (AvgIpc) is 3.25. The van der Waals surface area contributed by atoms with Crippen molar-refractivity contribution in [1.82, 2.24) is 14.9 Å². The summed E-state index contributed by atoms with van der Waals surface area (Å²) in [5.41, 5.74) is 2.04. The van der Waals surface area contributed by atoms with Crippen LogP contribution in [0.5, 0.6) is 0 Å².